The highest BCUT2D eigenvalue weighted by Gasteiger charge is 2.15. The Kier molecular flexibility index (Phi) is 12.9. The Morgan fingerprint density at radius 1 is 1.32 bits per heavy atom. The van der Waals surface area contributed by atoms with E-state index in [-0.39, 0.29) is 48.6 Å². The van der Waals surface area contributed by atoms with Gasteiger partial charge in [0.25, 0.3) is 0 Å². The number of aryl methyl sites for hydroxylation is 1. The summed E-state index contributed by atoms with van der Waals surface area (Å²) in [4.78, 5) is 18.3. The van der Waals surface area contributed by atoms with Gasteiger partial charge in [0.1, 0.15) is 5.75 Å². The maximum Gasteiger partial charge on any atom is 0.241 e. The molecular formula is C23H39IN4O3. The standard InChI is InChI=1S/C23H38N4O3.HI/c1-6-18(3)30-21-13-17(2)10-11-19(21)14-24-23(26-16-22(28)27(4)5)25-15-20-9-7-8-12-29-20;/h10-11,13,18,20H,6-9,12,14-16H2,1-5H3,(H2,24,25,26);1H. The second-order valence-corrected chi connectivity index (χ2v) is 8.12. The summed E-state index contributed by atoms with van der Waals surface area (Å²) in [5.41, 5.74) is 2.18. The van der Waals surface area contributed by atoms with E-state index in [1.807, 2.05) is 0 Å². The maximum absolute atomic E-state index is 12.0. The predicted octanol–water partition coefficient (Wildman–Crippen LogP) is 3.48. The Balaban J connectivity index is 0.00000480. The van der Waals surface area contributed by atoms with Crippen LogP contribution in [-0.4, -0.2) is 62.8 Å². The van der Waals surface area contributed by atoms with Crippen LogP contribution in [0.2, 0.25) is 0 Å². The number of benzene rings is 1. The lowest BCUT2D eigenvalue weighted by Gasteiger charge is -2.24. The van der Waals surface area contributed by atoms with E-state index >= 15 is 0 Å². The van der Waals surface area contributed by atoms with Gasteiger partial charge in [-0.1, -0.05) is 19.1 Å². The lowest BCUT2D eigenvalue weighted by molar-refractivity contribution is -0.127. The van der Waals surface area contributed by atoms with Gasteiger partial charge < -0.3 is 25.0 Å². The van der Waals surface area contributed by atoms with E-state index in [1.165, 1.54) is 6.42 Å². The predicted molar refractivity (Wildman–Crippen MR) is 136 cm³/mol. The largest absolute Gasteiger partial charge is 0.490 e. The van der Waals surface area contributed by atoms with Crippen LogP contribution in [0.1, 0.15) is 50.7 Å². The SMILES string of the molecule is CCC(C)Oc1cc(C)ccc1CN=C(NCC(=O)N(C)C)NCC1CCCCO1.I. The van der Waals surface area contributed by atoms with Crippen molar-refractivity contribution in [2.45, 2.75) is 65.2 Å². The van der Waals surface area contributed by atoms with Crippen LogP contribution in [0.15, 0.2) is 23.2 Å². The van der Waals surface area contributed by atoms with Crippen molar-refractivity contribution in [1.82, 2.24) is 15.5 Å². The van der Waals surface area contributed by atoms with E-state index in [4.69, 9.17) is 14.5 Å². The molecule has 1 saturated heterocycles. The molecule has 1 aromatic rings. The van der Waals surface area contributed by atoms with Crippen molar-refractivity contribution in [3.05, 3.63) is 29.3 Å². The van der Waals surface area contributed by atoms with Gasteiger partial charge in [0.05, 0.1) is 25.3 Å². The van der Waals surface area contributed by atoms with Crippen LogP contribution in [0.4, 0.5) is 0 Å². The van der Waals surface area contributed by atoms with Crippen molar-refractivity contribution in [2.75, 3.05) is 33.8 Å². The molecule has 1 aliphatic rings. The summed E-state index contributed by atoms with van der Waals surface area (Å²) in [7, 11) is 3.49. The summed E-state index contributed by atoms with van der Waals surface area (Å²) in [5.74, 6) is 1.47. The number of carbonyl (C=O) groups is 1. The van der Waals surface area contributed by atoms with Crippen molar-refractivity contribution in [3.8, 4) is 5.75 Å². The molecule has 2 rings (SSSR count). The van der Waals surface area contributed by atoms with Gasteiger partial charge in [-0.05, 0) is 51.2 Å². The molecule has 31 heavy (non-hydrogen) atoms. The Morgan fingerprint density at radius 2 is 2.10 bits per heavy atom. The monoisotopic (exact) mass is 546 g/mol. The van der Waals surface area contributed by atoms with E-state index in [0.29, 0.717) is 19.0 Å². The number of ether oxygens (including phenoxy) is 2. The molecule has 1 fully saturated rings. The molecule has 1 heterocycles. The second-order valence-electron chi connectivity index (χ2n) is 8.12. The Bertz CT molecular complexity index is 706. The van der Waals surface area contributed by atoms with Crippen molar-refractivity contribution in [2.24, 2.45) is 4.99 Å². The van der Waals surface area contributed by atoms with Gasteiger partial charge in [-0.15, -0.1) is 24.0 Å². The number of halogens is 1. The molecule has 0 radical (unpaired) electrons. The van der Waals surface area contributed by atoms with Crippen molar-refractivity contribution in [1.29, 1.82) is 0 Å². The Hall–Kier alpha value is -1.55. The lowest BCUT2D eigenvalue weighted by atomic mass is 10.1. The zero-order valence-corrected chi connectivity index (χ0v) is 21.9. The highest BCUT2D eigenvalue weighted by atomic mass is 127. The number of amides is 1. The van der Waals surface area contributed by atoms with E-state index in [9.17, 15) is 4.79 Å². The number of hydrogen-bond donors (Lipinski definition) is 2. The zero-order chi connectivity index (χ0) is 21.9. The number of carbonyl (C=O) groups excluding carboxylic acids is 1. The first-order chi connectivity index (χ1) is 14.4. The van der Waals surface area contributed by atoms with Gasteiger partial charge in [-0.3, -0.25) is 4.79 Å². The third-order valence-corrected chi connectivity index (χ3v) is 5.21. The molecule has 176 valence electrons. The van der Waals surface area contributed by atoms with Crippen LogP contribution in [-0.2, 0) is 16.1 Å². The fourth-order valence-electron chi connectivity index (χ4n) is 3.04. The molecule has 7 nitrogen and oxygen atoms in total. The molecule has 1 amide bonds. The van der Waals surface area contributed by atoms with E-state index in [0.717, 1.165) is 42.7 Å². The zero-order valence-electron chi connectivity index (χ0n) is 19.6. The summed E-state index contributed by atoms with van der Waals surface area (Å²) >= 11 is 0. The first-order valence-corrected chi connectivity index (χ1v) is 11.0. The minimum absolute atomic E-state index is 0. The van der Waals surface area contributed by atoms with E-state index in [1.54, 1.807) is 19.0 Å². The number of guanidine groups is 1. The highest BCUT2D eigenvalue weighted by Crippen LogP contribution is 2.23. The Morgan fingerprint density at radius 3 is 2.74 bits per heavy atom. The summed E-state index contributed by atoms with van der Waals surface area (Å²) in [5, 5.41) is 6.48. The average molecular weight is 546 g/mol. The third kappa shape index (κ3) is 10.1. The van der Waals surface area contributed by atoms with Gasteiger partial charge >= 0.3 is 0 Å². The number of rotatable bonds is 9. The highest BCUT2D eigenvalue weighted by molar-refractivity contribution is 14.0. The normalized spacial score (nSPS) is 17.3. The number of likely N-dealkylation sites (N-methyl/N-ethyl adjacent to an activating group) is 1. The smallest absolute Gasteiger partial charge is 0.241 e. The summed E-state index contributed by atoms with van der Waals surface area (Å²) in [6.07, 6.45) is 4.62. The van der Waals surface area contributed by atoms with Crippen LogP contribution in [0.3, 0.4) is 0 Å². The molecule has 8 heteroatoms. The number of hydrogen-bond acceptors (Lipinski definition) is 4. The summed E-state index contributed by atoms with van der Waals surface area (Å²) in [6, 6.07) is 6.19. The lowest BCUT2D eigenvalue weighted by Crippen LogP contribution is -2.45. The maximum atomic E-state index is 12.0. The summed E-state index contributed by atoms with van der Waals surface area (Å²) < 4.78 is 11.9. The van der Waals surface area contributed by atoms with Crippen LogP contribution in [0, 0.1) is 6.92 Å². The third-order valence-electron chi connectivity index (χ3n) is 5.21. The molecule has 0 aliphatic carbocycles. The first kappa shape index (κ1) is 27.5. The molecule has 2 N–H and O–H groups in total. The van der Waals surface area contributed by atoms with Gasteiger partial charge in [-0.2, -0.15) is 0 Å². The van der Waals surface area contributed by atoms with Crippen LogP contribution >= 0.6 is 24.0 Å². The minimum Gasteiger partial charge on any atom is -0.490 e. The molecule has 0 saturated carbocycles. The minimum atomic E-state index is -0.00505. The number of aliphatic imine (C=N–C) groups is 1. The fraction of sp³-hybridized carbons (Fsp3) is 0.652. The topological polar surface area (TPSA) is 75.2 Å². The van der Waals surface area contributed by atoms with Crippen LogP contribution < -0.4 is 15.4 Å². The van der Waals surface area contributed by atoms with Crippen molar-refractivity contribution in [3.63, 3.8) is 0 Å². The number of nitrogens with one attached hydrogen (secondary N) is 2. The van der Waals surface area contributed by atoms with Gasteiger partial charge in [0.2, 0.25) is 5.91 Å². The molecule has 2 unspecified atom stereocenters. The van der Waals surface area contributed by atoms with Crippen LogP contribution in [0.5, 0.6) is 5.75 Å². The van der Waals surface area contributed by atoms with Crippen molar-refractivity contribution < 1.29 is 14.3 Å². The second kappa shape index (κ2) is 14.5. The molecule has 1 aliphatic heterocycles. The van der Waals surface area contributed by atoms with Crippen molar-refractivity contribution >= 4 is 35.8 Å². The molecule has 0 aromatic heterocycles. The molecule has 0 bridgehead atoms. The quantitative estimate of drug-likeness (QED) is 0.282. The molecular weight excluding hydrogens is 507 g/mol. The molecule has 0 spiro atoms. The van der Waals surface area contributed by atoms with Gasteiger partial charge in [-0.25, -0.2) is 4.99 Å². The molecule has 2 atom stereocenters. The van der Waals surface area contributed by atoms with Gasteiger partial charge in [0.15, 0.2) is 5.96 Å². The number of nitrogens with zero attached hydrogens (tertiary/aromatic N) is 2. The molecule has 1 aromatic carbocycles. The summed E-state index contributed by atoms with van der Waals surface area (Å²) in [6.45, 7) is 8.37. The van der Waals surface area contributed by atoms with E-state index in [2.05, 4.69) is 49.6 Å². The average Bonchev–Trinajstić information content (AvgIpc) is 2.74. The Labute approximate surface area is 204 Å². The van der Waals surface area contributed by atoms with E-state index < -0.39 is 0 Å². The fourth-order valence-corrected chi connectivity index (χ4v) is 3.04. The van der Waals surface area contributed by atoms with Gasteiger partial charge in [0, 0.05) is 32.8 Å². The van der Waals surface area contributed by atoms with Crippen LogP contribution in [0.25, 0.3) is 0 Å². The first-order valence-electron chi connectivity index (χ1n) is 11.0.